The molecule has 1 aromatic carbocycles. The molecule has 140 valence electrons. The fraction of sp³-hybridized carbons (Fsp3) is 0.375. The third-order valence-corrected chi connectivity index (χ3v) is 4.84. The summed E-state index contributed by atoms with van der Waals surface area (Å²) >= 11 is 7.05. The maximum Gasteiger partial charge on any atom is 0.318 e. The molecule has 0 spiro atoms. The third-order valence-electron chi connectivity index (χ3n) is 3.51. The molecule has 0 bridgehead atoms. The summed E-state index contributed by atoms with van der Waals surface area (Å²) in [6.45, 7) is 2.45. The first kappa shape index (κ1) is 20.2. The molecule has 2 aromatic rings. The van der Waals surface area contributed by atoms with E-state index in [2.05, 4.69) is 4.98 Å². The Morgan fingerprint density at radius 2 is 2.19 bits per heavy atom. The summed E-state index contributed by atoms with van der Waals surface area (Å²) in [5.41, 5.74) is 5.18. The van der Waals surface area contributed by atoms with Crippen molar-refractivity contribution in [1.29, 1.82) is 0 Å². The van der Waals surface area contributed by atoms with Gasteiger partial charge in [0.2, 0.25) is 5.91 Å². The summed E-state index contributed by atoms with van der Waals surface area (Å²) in [6, 6.07) is 3.91. The lowest BCUT2D eigenvalue weighted by molar-refractivity contribution is -0.119. The number of hydrogen-bond donors (Lipinski definition) is 2. The van der Waals surface area contributed by atoms with E-state index in [1.54, 1.807) is 32.2 Å². The molecule has 3 N–H and O–H groups in total. The van der Waals surface area contributed by atoms with Gasteiger partial charge in [-0.15, -0.1) is 0 Å². The van der Waals surface area contributed by atoms with Gasteiger partial charge >= 0.3 is 6.03 Å². The molecule has 1 atom stereocenters. The number of hydrogen-bond acceptors (Lipinski definition) is 6. The number of benzene rings is 1. The summed E-state index contributed by atoms with van der Waals surface area (Å²) in [5.74, 6) is -0.564. The molecule has 0 unspecified atom stereocenters. The van der Waals surface area contributed by atoms with Crippen LogP contribution in [-0.2, 0) is 16.1 Å². The highest BCUT2D eigenvalue weighted by atomic mass is 35.5. The Morgan fingerprint density at radius 3 is 2.85 bits per heavy atom. The Balaban J connectivity index is 2.43. The zero-order chi connectivity index (χ0) is 19.3. The minimum absolute atomic E-state index is 0.229. The lowest BCUT2D eigenvalue weighted by Crippen LogP contribution is -2.39. The van der Waals surface area contributed by atoms with E-state index in [4.69, 9.17) is 22.1 Å². The van der Waals surface area contributed by atoms with Crippen molar-refractivity contribution in [3.05, 3.63) is 33.6 Å². The van der Waals surface area contributed by atoms with Crippen molar-refractivity contribution in [3.63, 3.8) is 0 Å². The summed E-state index contributed by atoms with van der Waals surface area (Å²) in [4.78, 5) is 40.1. The number of nitrogens with two attached hydrogens (primary N) is 1. The van der Waals surface area contributed by atoms with Crippen LogP contribution in [0.1, 0.15) is 13.3 Å². The predicted octanol–water partition coefficient (Wildman–Crippen LogP) is 1.76. The first-order valence-electron chi connectivity index (χ1n) is 7.79. The standard InChI is InChI=1S/C16H19ClN4O4S/c1-9(13(22)20-15(18)24)26-16-19-12-8-10(17)4-5-11(12)14(23)21(16)6-3-7-25-2/h4-5,8-9H,3,6-7H2,1-2H3,(H3,18,20,22,24)/t9-/m1/s1. The van der Waals surface area contributed by atoms with E-state index in [1.807, 2.05) is 5.32 Å². The number of fused-ring (bicyclic) bond motifs is 1. The number of nitrogens with one attached hydrogen (secondary N) is 1. The Bertz CT molecular complexity index is 886. The number of nitrogens with zero attached hydrogens (tertiary/aromatic N) is 2. The molecule has 0 aliphatic heterocycles. The second kappa shape index (κ2) is 9.02. The summed E-state index contributed by atoms with van der Waals surface area (Å²) < 4.78 is 6.53. The molecular formula is C16H19ClN4O4S. The van der Waals surface area contributed by atoms with Gasteiger partial charge in [-0.1, -0.05) is 23.4 Å². The number of halogens is 1. The van der Waals surface area contributed by atoms with Crippen molar-refractivity contribution in [2.45, 2.75) is 30.3 Å². The summed E-state index contributed by atoms with van der Waals surface area (Å²) in [6.07, 6.45) is 0.604. The number of methoxy groups -OCH3 is 1. The molecule has 8 nitrogen and oxygen atoms in total. The number of aromatic nitrogens is 2. The van der Waals surface area contributed by atoms with Crippen molar-refractivity contribution in [2.75, 3.05) is 13.7 Å². The van der Waals surface area contributed by atoms with Crippen LogP contribution in [0.4, 0.5) is 4.79 Å². The molecule has 0 fully saturated rings. The number of urea groups is 1. The van der Waals surface area contributed by atoms with Crippen LogP contribution in [0, 0.1) is 0 Å². The smallest absolute Gasteiger partial charge is 0.318 e. The van der Waals surface area contributed by atoms with Gasteiger partial charge in [-0.25, -0.2) is 9.78 Å². The van der Waals surface area contributed by atoms with E-state index < -0.39 is 17.2 Å². The summed E-state index contributed by atoms with van der Waals surface area (Å²) in [7, 11) is 1.58. The maximum atomic E-state index is 12.8. The van der Waals surface area contributed by atoms with Gasteiger partial charge in [-0.3, -0.25) is 19.5 Å². The predicted molar refractivity (Wildman–Crippen MR) is 101 cm³/mol. The molecule has 26 heavy (non-hydrogen) atoms. The number of carbonyl (C=O) groups excluding carboxylic acids is 2. The fourth-order valence-electron chi connectivity index (χ4n) is 2.26. The van der Waals surface area contributed by atoms with Crippen molar-refractivity contribution >= 4 is 46.2 Å². The summed E-state index contributed by atoms with van der Waals surface area (Å²) in [5, 5.41) is 2.58. The Kier molecular flexibility index (Phi) is 7.01. The molecule has 0 aliphatic rings. The van der Waals surface area contributed by atoms with Crippen LogP contribution in [0.25, 0.3) is 10.9 Å². The minimum atomic E-state index is -0.932. The zero-order valence-electron chi connectivity index (χ0n) is 14.3. The van der Waals surface area contributed by atoms with Gasteiger partial charge in [0, 0.05) is 25.3 Å². The highest BCUT2D eigenvalue weighted by molar-refractivity contribution is 8.00. The quantitative estimate of drug-likeness (QED) is 0.417. The Morgan fingerprint density at radius 1 is 1.46 bits per heavy atom. The average molecular weight is 399 g/mol. The first-order chi connectivity index (χ1) is 12.3. The van der Waals surface area contributed by atoms with Gasteiger partial charge in [-0.05, 0) is 31.5 Å². The monoisotopic (exact) mass is 398 g/mol. The largest absolute Gasteiger partial charge is 0.385 e. The van der Waals surface area contributed by atoms with E-state index in [9.17, 15) is 14.4 Å². The molecule has 10 heteroatoms. The van der Waals surface area contributed by atoms with Crippen LogP contribution in [0.2, 0.25) is 5.02 Å². The lowest BCUT2D eigenvalue weighted by atomic mass is 10.2. The normalized spacial score (nSPS) is 12.1. The Labute approximate surface area is 159 Å². The molecule has 0 radical (unpaired) electrons. The van der Waals surface area contributed by atoms with Crippen LogP contribution in [0.5, 0.6) is 0 Å². The molecule has 1 heterocycles. The molecular weight excluding hydrogens is 380 g/mol. The number of primary amides is 1. The van der Waals surface area contributed by atoms with Crippen LogP contribution >= 0.6 is 23.4 Å². The van der Waals surface area contributed by atoms with Crippen LogP contribution in [0.3, 0.4) is 0 Å². The molecule has 2 rings (SSSR count). The van der Waals surface area contributed by atoms with Gasteiger partial charge in [0.1, 0.15) is 0 Å². The minimum Gasteiger partial charge on any atom is -0.385 e. The first-order valence-corrected chi connectivity index (χ1v) is 9.05. The Hall–Kier alpha value is -2.10. The van der Waals surface area contributed by atoms with Crippen LogP contribution in [-0.4, -0.2) is 40.5 Å². The number of amides is 3. The van der Waals surface area contributed by atoms with E-state index in [-0.39, 0.29) is 5.56 Å². The third kappa shape index (κ3) is 4.96. The number of imide groups is 1. The molecule has 0 saturated heterocycles. The molecule has 0 saturated carbocycles. The molecule has 3 amide bonds. The maximum absolute atomic E-state index is 12.8. The van der Waals surface area contributed by atoms with E-state index >= 15 is 0 Å². The van der Waals surface area contributed by atoms with Gasteiger partial charge in [0.15, 0.2) is 5.16 Å². The lowest BCUT2D eigenvalue weighted by Gasteiger charge is -2.15. The van der Waals surface area contributed by atoms with E-state index in [0.29, 0.717) is 40.7 Å². The number of thioether (sulfide) groups is 1. The SMILES string of the molecule is COCCCn1c(S[C@H](C)C(=O)NC(N)=O)nc2cc(Cl)ccc2c1=O. The van der Waals surface area contributed by atoms with Crippen molar-refractivity contribution in [2.24, 2.45) is 5.73 Å². The number of ether oxygens (including phenoxy) is 1. The van der Waals surface area contributed by atoms with E-state index in [0.717, 1.165) is 11.8 Å². The van der Waals surface area contributed by atoms with E-state index in [1.165, 1.54) is 4.57 Å². The van der Waals surface area contributed by atoms with Gasteiger partial charge < -0.3 is 10.5 Å². The zero-order valence-corrected chi connectivity index (χ0v) is 15.9. The van der Waals surface area contributed by atoms with Crippen LogP contribution in [0.15, 0.2) is 28.2 Å². The van der Waals surface area contributed by atoms with Gasteiger partial charge in [-0.2, -0.15) is 0 Å². The topological polar surface area (TPSA) is 116 Å². The number of rotatable bonds is 7. The average Bonchev–Trinajstić information content (AvgIpc) is 2.56. The van der Waals surface area contributed by atoms with Gasteiger partial charge in [0.05, 0.1) is 16.2 Å². The van der Waals surface area contributed by atoms with Crippen molar-refractivity contribution in [3.8, 4) is 0 Å². The number of carbonyl (C=O) groups is 2. The second-order valence-electron chi connectivity index (χ2n) is 5.47. The van der Waals surface area contributed by atoms with Crippen LogP contribution < -0.4 is 16.6 Å². The van der Waals surface area contributed by atoms with Crippen molar-refractivity contribution < 1.29 is 14.3 Å². The molecule has 1 aromatic heterocycles. The van der Waals surface area contributed by atoms with Gasteiger partial charge in [0.25, 0.3) is 5.56 Å². The van der Waals surface area contributed by atoms with Crippen molar-refractivity contribution in [1.82, 2.24) is 14.9 Å². The molecule has 0 aliphatic carbocycles. The highest BCUT2D eigenvalue weighted by Gasteiger charge is 2.20. The fourth-order valence-corrected chi connectivity index (χ4v) is 3.36. The highest BCUT2D eigenvalue weighted by Crippen LogP contribution is 2.24. The second-order valence-corrected chi connectivity index (χ2v) is 7.22.